The molecule has 3 rings (SSSR count). The lowest BCUT2D eigenvalue weighted by Crippen LogP contribution is -2.27. The summed E-state index contributed by atoms with van der Waals surface area (Å²) >= 11 is 0. The van der Waals surface area contributed by atoms with E-state index in [9.17, 15) is 13.2 Å². The normalized spacial score (nSPS) is 12.6. The van der Waals surface area contributed by atoms with Gasteiger partial charge in [-0.15, -0.1) is 0 Å². The Morgan fingerprint density at radius 2 is 1.72 bits per heavy atom. The molecule has 0 fully saturated rings. The Labute approximate surface area is 170 Å². The zero-order valence-electron chi connectivity index (χ0n) is 16.7. The van der Waals surface area contributed by atoms with E-state index in [1.807, 2.05) is 31.2 Å². The number of hydrogen-bond acceptors (Lipinski definition) is 5. The molecule has 0 aliphatic carbocycles. The van der Waals surface area contributed by atoms with Gasteiger partial charge in [0.15, 0.2) is 5.78 Å². The number of rotatable bonds is 7. The van der Waals surface area contributed by atoms with Gasteiger partial charge in [-0.05, 0) is 57.2 Å². The van der Waals surface area contributed by atoms with Crippen molar-refractivity contribution in [2.24, 2.45) is 0 Å². The van der Waals surface area contributed by atoms with Gasteiger partial charge < -0.3 is 4.74 Å². The molecule has 0 aliphatic heterocycles. The Bertz CT molecular complexity index is 1120. The fourth-order valence-electron chi connectivity index (χ4n) is 3.06. The highest BCUT2D eigenvalue weighted by Gasteiger charge is 2.22. The van der Waals surface area contributed by atoms with E-state index in [4.69, 9.17) is 4.74 Å². The van der Waals surface area contributed by atoms with E-state index in [0.717, 1.165) is 22.7 Å². The van der Waals surface area contributed by atoms with Crippen molar-refractivity contribution in [2.45, 2.75) is 31.7 Å². The summed E-state index contributed by atoms with van der Waals surface area (Å²) in [4.78, 5) is 11.5. The number of benzene rings is 2. The van der Waals surface area contributed by atoms with Crippen LogP contribution in [-0.4, -0.2) is 31.1 Å². The Kier molecular flexibility index (Phi) is 5.86. The molecule has 152 valence electrons. The molecule has 0 spiro atoms. The highest BCUT2D eigenvalue weighted by Crippen LogP contribution is 2.23. The molecular formula is C21H23N3O4S. The van der Waals surface area contributed by atoms with E-state index < -0.39 is 16.1 Å². The number of ketones is 1. The lowest BCUT2D eigenvalue weighted by atomic mass is 10.1. The predicted molar refractivity (Wildman–Crippen MR) is 110 cm³/mol. The summed E-state index contributed by atoms with van der Waals surface area (Å²) in [6.07, 6.45) is 1.66. The molecule has 0 unspecified atom stereocenters. The number of hydrogen-bond donors (Lipinski definition) is 1. The smallest absolute Gasteiger partial charge is 0.241 e. The molecule has 7 nitrogen and oxygen atoms in total. The van der Waals surface area contributed by atoms with E-state index >= 15 is 0 Å². The fourth-order valence-corrected chi connectivity index (χ4v) is 4.29. The number of methoxy groups -OCH3 is 1. The van der Waals surface area contributed by atoms with Crippen molar-refractivity contribution in [1.82, 2.24) is 14.5 Å². The first-order valence-electron chi connectivity index (χ1n) is 9.05. The molecule has 1 N–H and O–H groups in total. The third-order valence-electron chi connectivity index (χ3n) is 4.73. The number of carbonyl (C=O) groups is 1. The maximum absolute atomic E-state index is 12.7. The summed E-state index contributed by atoms with van der Waals surface area (Å²) in [5.41, 5.74) is 2.92. The van der Waals surface area contributed by atoms with Crippen molar-refractivity contribution >= 4 is 15.8 Å². The minimum Gasteiger partial charge on any atom is -0.497 e. The van der Waals surface area contributed by atoms with Gasteiger partial charge in [0, 0.05) is 22.9 Å². The van der Waals surface area contributed by atoms with Gasteiger partial charge >= 0.3 is 0 Å². The van der Waals surface area contributed by atoms with Crippen LogP contribution in [0.4, 0.5) is 0 Å². The van der Waals surface area contributed by atoms with E-state index in [1.165, 1.54) is 31.2 Å². The van der Waals surface area contributed by atoms with Crippen molar-refractivity contribution in [3.05, 3.63) is 71.5 Å². The first kappa shape index (κ1) is 20.8. The minimum atomic E-state index is -3.75. The van der Waals surface area contributed by atoms with Gasteiger partial charge in [0.1, 0.15) is 5.75 Å². The summed E-state index contributed by atoms with van der Waals surface area (Å²) in [6, 6.07) is 12.8. The molecule has 3 aromatic rings. The summed E-state index contributed by atoms with van der Waals surface area (Å²) in [5.74, 6) is 0.632. The average molecular weight is 413 g/mol. The molecule has 29 heavy (non-hydrogen) atoms. The zero-order valence-corrected chi connectivity index (χ0v) is 17.5. The molecule has 2 aromatic carbocycles. The molecule has 0 radical (unpaired) electrons. The van der Waals surface area contributed by atoms with Crippen LogP contribution in [0.2, 0.25) is 0 Å². The van der Waals surface area contributed by atoms with E-state index in [-0.39, 0.29) is 10.7 Å². The third kappa shape index (κ3) is 4.38. The van der Waals surface area contributed by atoms with Gasteiger partial charge in [0.25, 0.3) is 0 Å². The second-order valence-corrected chi connectivity index (χ2v) is 8.43. The van der Waals surface area contributed by atoms with Crippen molar-refractivity contribution in [3.63, 3.8) is 0 Å². The van der Waals surface area contributed by atoms with Crippen LogP contribution in [0.5, 0.6) is 5.75 Å². The maximum atomic E-state index is 12.7. The SMILES string of the molecule is COc1ccc(-n2ncc([C@@H](C)NS(=O)(=O)c3ccc(C(C)=O)cc3)c2C)cc1. The quantitative estimate of drug-likeness (QED) is 0.599. The van der Waals surface area contributed by atoms with Gasteiger partial charge in [0.05, 0.1) is 23.9 Å². The topological polar surface area (TPSA) is 90.3 Å². The van der Waals surface area contributed by atoms with E-state index in [2.05, 4.69) is 9.82 Å². The molecule has 1 atom stereocenters. The van der Waals surface area contributed by atoms with Crippen molar-refractivity contribution in [1.29, 1.82) is 0 Å². The van der Waals surface area contributed by atoms with Gasteiger partial charge in [-0.2, -0.15) is 5.10 Å². The van der Waals surface area contributed by atoms with Crippen molar-refractivity contribution < 1.29 is 17.9 Å². The molecule has 0 amide bonds. The third-order valence-corrected chi connectivity index (χ3v) is 6.29. The second-order valence-electron chi connectivity index (χ2n) is 6.72. The Hall–Kier alpha value is -2.97. The number of ether oxygens (including phenoxy) is 1. The monoisotopic (exact) mass is 413 g/mol. The van der Waals surface area contributed by atoms with Crippen LogP contribution < -0.4 is 9.46 Å². The van der Waals surface area contributed by atoms with E-state index in [0.29, 0.717) is 5.56 Å². The largest absolute Gasteiger partial charge is 0.497 e. The predicted octanol–water partition coefficient (Wildman–Crippen LogP) is 3.43. The molecule has 1 aromatic heterocycles. The highest BCUT2D eigenvalue weighted by atomic mass is 32.2. The first-order chi connectivity index (χ1) is 13.7. The highest BCUT2D eigenvalue weighted by molar-refractivity contribution is 7.89. The Balaban J connectivity index is 1.82. The number of nitrogens with one attached hydrogen (secondary N) is 1. The molecular weight excluding hydrogens is 390 g/mol. The fraction of sp³-hybridized carbons (Fsp3) is 0.238. The van der Waals surface area contributed by atoms with Gasteiger partial charge in [-0.3, -0.25) is 4.79 Å². The van der Waals surface area contributed by atoms with Crippen LogP contribution in [0, 0.1) is 6.92 Å². The Morgan fingerprint density at radius 1 is 1.10 bits per heavy atom. The van der Waals surface area contributed by atoms with Crippen LogP contribution >= 0.6 is 0 Å². The lowest BCUT2D eigenvalue weighted by molar-refractivity contribution is 0.101. The standard InChI is InChI=1S/C21H23N3O4S/c1-14(23-29(26,27)20-11-5-17(6-12-20)16(3)25)21-13-22-24(15(21)2)18-7-9-19(28-4)10-8-18/h5-14,23H,1-4H3/t14-/m1/s1. The van der Waals surface area contributed by atoms with Crippen LogP contribution in [0.25, 0.3) is 5.69 Å². The average Bonchev–Trinajstić information content (AvgIpc) is 3.09. The molecule has 0 saturated carbocycles. The summed E-state index contributed by atoms with van der Waals surface area (Å²) in [5, 5.41) is 4.40. The first-order valence-corrected chi connectivity index (χ1v) is 10.5. The number of carbonyl (C=O) groups excluding carboxylic acids is 1. The maximum Gasteiger partial charge on any atom is 0.241 e. The molecule has 1 heterocycles. The van der Waals surface area contributed by atoms with Crippen LogP contribution in [-0.2, 0) is 10.0 Å². The number of Topliss-reactive ketones (excluding diaryl/α,β-unsaturated/α-hetero) is 1. The summed E-state index contributed by atoms with van der Waals surface area (Å²) < 4.78 is 35.0. The van der Waals surface area contributed by atoms with Crippen molar-refractivity contribution in [3.8, 4) is 11.4 Å². The van der Waals surface area contributed by atoms with Crippen LogP contribution in [0.15, 0.2) is 59.6 Å². The van der Waals surface area contributed by atoms with Gasteiger partial charge in [0.2, 0.25) is 10.0 Å². The molecule has 0 bridgehead atoms. The lowest BCUT2D eigenvalue weighted by Gasteiger charge is -2.15. The molecule has 8 heteroatoms. The van der Waals surface area contributed by atoms with E-state index in [1.54, 1.807) is 24.9 Å². The van der Waals surface area contributed by atoms with Crippen LogP contribution in [0.3, 0.4) is 0 Å². The summed E-state index contributed by atoms with van der Waals surface area (Å²) in [6.45, 7) is 5.09. The number of nitrogens with zero attached hydrogens (tertiary/aromatic N) is 2. The van der Waals surface area contributed by atoms with Gasteiger partial charge in [-0.1, -0.05) is 12.1 Å². The van der Waals surface area contributed by atoms with Crippen molar-refractivity contribution in [2.75, 3.05) is 7.11 Å². The minimum absolute atomic E-state index is 0.106. The Morgan fingerprint density at radius 3 is 2.28 bits per heavy atom. The molecule has 0 aliphatic rings. The van der Waals surface area contributed by atoms with Crippen LogP contribution in [0.1, 0.15) is 41.5 Å². The summed E-state index contributed by atoms with van der Waals surface area (Å²) in [7, 11) is -2.14. The number of aromatic nitrogens is 2. The zero-order chi connectivity index (χ0) is 21.2. The van der Waals surface area contributed by atoms with Gasteiger partial charge in [-0.25, -0.2) is 17.8 Å². The second kappa shape index (κ2) is 8.18. The molecule has 0 saturated heterocycles. The number of sulfonamides is 1.